The molecule has 19 heavy (non-hydrogen) atoms. The van der Waals surface area contributed by atoms with Gasteiger partial charge in [-0.3, -0.25) is 0 Å². The van der Waals surface area contributed by atoms with Crippen LogP contribution >= 0.6 is 0 Å². The Morgan fingerprint density at radius 3 is 2.37 bits per heavy atom. The van der Waals surface area contributed by atoms with E-state index in [4.69, 9.17) is 0 Å². The van der Waals surface area contributed by atoms with Gasteiger partial charge in [-0.2, -0.15) is 0 Å². The zero-order valence-corrected chi connectivity index (χ0v) is 11.4. The summed E-state index contributed by atoms with van der Waals surface area (Å²) in [6, 6.07) is 19.5. The predicted molar refractivity (Wildman–Crippen MR) is 82.6 cm³/mol. The molecule has 0 heterocycles. The first kappa shape index (κ1) is 12.2. The Labute approximate surface area is 115 Å². The third-order valence-corrected chi connectivity index (χ3v) is 3.78. The molecule has 0 amide bonds. The van der Waals surface area contributed by atoms with Gasteiger partial charge >= 0.3 is 0 Å². The minimum atomic E-state index is 1.17. The van der Waals surface area contributed by atoms with E-state index in [-0.39, 0.29) is 0 Å². The fourth-order valence-electron chi connectivity index (χ4n) is 2.78. The summed E-state index contributed by atoms with van der Waals surface area (Å²) < 4.78 is 0. The number of benzene rings is 2. The molecule has 3 rings (SSSR count). The van der Waals surface area contributed by atoms with Crippen LogP contribution < -0.4 is 0 Å². The van der Waals surface area contributed by atoms with Crippen LogP contribution in [0.1, 0.15) is 42.9 Å². The van der Waals surface area contributed by atoms with Gasteiger partial charge in [-0.05, 0) is 40.7 Å². The van der Waals surface area contributed by atoms with E-state index in [1.807, 2.05) is 0 Å². The number of allylic oxidation sites excluding steroid dienone is 2. The molecule has 0 heteroatoms. The van der Waals surface area contributed by atoms with Crippen molar-refractivity contribution in [1.82, 2.24) is 0 Å². The average Bonchev–Trinajstić information content (AvgIpc) is 2.85. The van der Waals surface area contributed by atoms with Crippen molar-refractivity contribution in [2.45, 2.75) is 26.2 Å². The summed E-state index contributed by atoms with van der Waals surface area (Å²) in [4.78, 5) is 0. The van der Waals surface area contributed by atoms with E-state index >= 15 is 0 Å². The molecule has 1 aliphatic rings. The first-order chi connectivity index (χ1) is 9.40. The highest BCUT2D eigenvalue weighted by molar-refractivity contribution is 6.02. The quantitative estimate of drug-likeness (QED) is 0.683. The summed E-state index contributed by atoms with van der Waals surface area (Å²) in [7, 11) is 0. The van der Waals surface area contributed by atoms with Crippen molar-refractivity contribution in [1.29, 1.82) is 0 Å². The number of hydrogen-bond donors (Lipinski definition) is 0. The molecular formula is C19H19. The van der Waals surface area contributed by atoms with Gasteiger partial charge in [0.05, 0.1) is 0 Å². The molecule has 0 aromatic heterocycles. The highest BCUT2D eigenvalue weighted by atomic mass is 14.2. The molecule has 0 saturated heterocycles. The summed E-state index contributed by atoms with van der Waals surface area (Å²) in [6.07, 6.45) is 6.02. The van der Waals surface area contributed by atoms with E-state index in [0.717, 1.165) is 0 Å². The lowest BCUT2D eigenvalue weighted by atomic mass is 9.96. The second-order valence-electron chi connectivity index (χ2n) is 5.09. The second kappa shape index (κ2) is 5.44. The molecule has 0 fully saturated rings. The molecule has 2 aromatic carbocycles. The monoisotopic (exact) mass is 247 g/mol. The summed E-state index contributed by atoms with van der Waals surface area (Å²) >= 11 is 0. The minimum Gasteiger partial charge on any atom is -0.0654 e. The van der Waals surface area contributed by atoms with Crippen molar-refractivity contribution in [2.24, 2.45) is 0 Å². The van der Waals surface area contributed by atoms with E-state index < -0.39 is 0 Å². The number of rotatable bonds is 4. The highest BCUT2D eigenvalue weighted by Gasteiger charge is 2.21. The van der Waals surface area contributed by atoms with E-state index in [1.165, 1.54) is 47.1 Å². The number of unbranched alkanes of at least 4 members (excludes halogenated alkanes) is 1. The standard InChI is InChI=1S/C19H19/c1-2-3-12-18-17-13-8-7-11-16(17)14-19(18)15-9-5-4-6-10-15/h4-11,13-14H,2-3,12H2,1H3. The second-order valence-corrected chi connectivity index (χ2v) is 5.09. The Morgan fingerprint density at radius 2 is 1.58 bits per heavy atom. The summed E-state index contributed by atoms with van der Waals surface area (Å²) in [5, 5.41) is 0. The van der Waals surface area contributed by atoms with Gasteiger partial charge in [0, 0.05) is 6.42 Å². The van der Waals surface area contributed by atoms with Crippen LogP contribution in [0.2, 0.25) is 0 Å². The van der Waals surface area contributed by atoms with Crippen LogP contribution in [0, 0.1) is 6.42 Å². The Morgan fingerprint density at radius 1 is 0.842 bits per heavy atom. The SMILES string of the molecule is CCCCC1=C(c2ccccc2)[CH]c2ccccc21. The van der Waals surface area contributed by atoms with Gasteiger partial charge in [0.1, 0.15) is 0 Å². The minimum absolute atomic E-state index is 1.17. The fourth-order valence-corrected chi connectivity index (χ4v) is 2.78. The van der Waals surface area contributed by atoms with Crippen LogP contribution in [0.15, 0.2) is 54.6 Å². The highest BCUT2D eigenvalue weighted by Crippen LogP contribution is 2.41. The predicted octanol–water partition coefficient (Wildman–Crippen LogP) is 5.35. The van der Waals surface area contributed by atoms with Crippen LogP contribution in [0.5, 0.6) is 0 Å². The van der Waals surface area contributed by atoms with Gasteiger partial charge in [-0.15, -0.1) is 0 Å². The van der Waals surface area contributed by atoms with Crippen LogP contribution in [-0.4, -0.2) is 0 Å². The normalized spacial score (nSPS) is 13.7. The topological polar surface area (TPSA) is 0 Å². The largest absolute Gasteiger partial charge is 0.0654 e. The van der Waals surface area contributed by atoms with E-state index in [2.05, 4.69) is 67.9 Å². The zero-order valence-electron chi connectivity index (χ0n) is 11.4. The van der Waals surface area contributed by atoms with E-state index in [9.17, 15) is 0 Å². The molecule has 0 nitrogen and oxygen atoms in total. The summed E-state index contributed by atoms with van der Waals surface area (Å²) in [6.45, 7) is 2.26. The lowest BCUT2D eigenvalue weighted by molar-refractivity contribution is 0.825. The first-order valence-electron chi connectivity index (χ1n) is 7.13. The third kappa shape index (κ3) is 2.35. The Bertz CT molecular complexity index is 590. The Kier molecular flexibility index (Phi) is 3.50. The lowest BCUT2D eigenvalue weighted by Crippen LogP contribution is -1.86. The molecule has 0 aliphatic heterocycles. The maximum Gasteiger partial charge on any atom is 0.0214 e. The number of hydrogen-bond acceptors (Lipinski definition) is 0. The maximum absolute atomic E-state index is 2.34. The van der Waals surface area contributed by atoms with Crippen LogP contribution in [0.25, 0.3) is 11.1 Å². The summed E-state index contributed by atoms with van der Waals surface area (Å²) in [5.74, 6) is 0. The van der Waals surface area contributed by atoms with Gasteiger partial charge < -0.3 is 0 Å². The van der Waals surface area contributed by atoms with Gasteiger partial charge in [0.2, 0.25) is 0 Å². The Hall–Kier alpha value is -1.82. The van der Waals surface area contributed by atoms with Crippen LogP contribution in [-0.2, 0) is 0 Å². The fraction of sp³-hybridized carbons (Fsp3) is 0.211. The van der Waals surface area contributed by atoms with Gasteiger partial charge in [0.25, 0.3) is 0 Å². The molecule has 0 bridgehead atoms. The van der Waals surface area contributed by atoms with Crippen molar-refractivity contribution in [3.8, 4) is 0 Å². The molecular weight excluding hydrogens is 228 g/mol. The van der Waals surface area contributed by atoms with E-state index in [1.54, 1.807) is 0 Å². The zero-order chi connectivity index (χ0) is 13.1. The van der Waals surface area contributed by atoms with Gasteiger partial charge in [0.15, 0.2) is 0 Å². The van der Waals surface area contributed by atoms with Gasteiger partial charge in [-0.25, -0.2) is 0 Å². The molecule has 0 atom stereocenters. The van der Waals surface area contributed by atoms with Crippen molar-refractivity contribution in [3.63, 3.8) is 0 Å². The molecule has 0 N–H and O–H groups in total. The van der Waals surface area contributed by atoms with Crippen molar-refractivity contribution < 1.29 is 0 Å². The molecule has 0 spiro atoms. The van der Waals surface area contributed by atoms with Crippen molar-refractivity contribution >= 4 is 11.1 Å². The average molecular weight is 247 g/mol. The van der Waals surface area contributed by atoms with Crippen molar-refractivity contribution in [2.75, 3.05) is 0 Å². The third-order valence-electron chi connectivity index (χ3n) is 3.78. The molecule has 1 radical (unpaired) electrons. The van der Waals surface area contributed by atoms with Crippen LogP contribution in [0.3, 0.4) is 0 Å². The van der Waals surface area contributed by atoms with Gasteiger partial charge in [-0.1, -0.05) is 67.9 Å². The lowest BCUT2D eigenvalue weighted by Gasteiger charge is -2.08. The first-order valence-corrected chi connectivity index (χ1v) is 7.13. The molecule has 0 unspecified atom stereocenters. The van der Waals surface area contributed by atoms with E-state index in [0.29, 0.717) is 0 Å². The molecule has 2 aromatic rings. The maximum atomic E-state index is 2.34. The molecule has 1 aliphatic carbocycles. The smallest absolute Gasteiger partial charge is 0.0214 e. The number of fused-ring (bicyclic) bond motifs is 1. The van der Waals surface area contributed by atoms with Crippen molar-refractivity contribution in [3.05, 3.63) is 77.7 Å². The molecule has 95 valence electrons. The summed E-state index contributed by atoms with van der Waals surface area (Å²) in [5.41, 5.74) is 7.06. The Balaban J connectivity index is 2.05. The molecule has 0 saturated carbocycles. The van der Waals surface area contributed by atoms with Crippen LogP contribution in [0.4, 0.5) is 0 Å².